The molecule has 5 heteroatoms. The second kappa shape index (κ2) is 6.28. The molecule has 21 heavy (non-hydrogen) atoms. The summed E-state index contributed by atoms with van der Waals surface area (Å²) in [6, 6.07) is 4.97. The predicted molar refractivity (Wildman–Crippen MR) is 86.8 cm³/mol. The molecule has 2 aromatic rings. The maximum absolute atomic E-state index is 13.8. The number of nitrogens with zero attached hydrogens (tertiary/aromatic N) is 2. The van der Waals surface area contributed by atoms with E-state index in [9.17, 15) is 4.39 Å². The smallest absolute Gasteiger partial charge is 0.128 e. The number of benzene rings is 1. The fourth-order valence-electron chi connectivity index (χ4n) is 2.00. The van der Waals surface area contributed by atoms with Gasteiger partial charge in [-0.15, -0.1) is 0 Å². The highest BCUT2D eigenvalue weighted by atomic mass is 79.9. The van der Waals surface area contributed by atoms with Gasteiger partial charge in [-0.25, -0.2) is 4.39 Å². The first-order valence-corrected chi connectivity index (χ1v) is 7.76. The van der Waals surface area contributed by atoms with Crippen molar-refractivity contribution in [1.82, 2.24) is 15.1 Å². The van der Waals surface area contributed by atoms with Crippen molar-refractivity contribution in [3.8, 4) is 0 Å². The summed E-state index contributed by atoms with van der Waals surface area (Å²) in [5, 5.41) is 7.82. The minimum Gasteiger partial charge on any atom is -0.308 e. The Kier molecular flexibility index (Phi) is 4.84. The Morgan fingerprint density at radius 1 is 1.29 bits per heavy atom. The molecule has 3 nitrogen and oxygen atoms in total. The first-order valence-electron chi connectivity index (χ1n) is 6.96. The largest absolute Gasteiger partial charge is 0.308 e. The Bertz CT molecular complexity index is 629. The van der Waals surface area contributed by atoms with E-state index < -0.39 is 0 Å². The summed E-state index contributed by atoms with van der Waals surface area (Å²) >= 11 is 3.37. The van der Waals surface area contributed by atoms with Crippen LogP contribution in [0.4, 0.5) is 4.39 Å². The van der Waals surface area contributed by atoms with Gasteiger partial charge in [-0.05, 0) is 45.9 Å². The molecule has 0 radical (unpaired) electrons. The summed E-state index contributed by atoms with van der Waals surface area (Å²) in [6.07, 6.45) is 1.85. The third-order valence-corrected chi connectivity index (χ3v) is 3.84. The Morgan fingerprint density at radius 3 is 2.67 bits per heavy atom. The molecular weight excluding hydrogens is 333 g/mol. The summed E-state index contributed by atoms with van der Waals surface area (Å²) in [7, 11) is 0. The van der Waals surface area contributed by atoms with Crippen molar-refractivity contribution in [2.75, 3.05) is 0 Å². The highest BCUT2D eigenvalue weighted by molar-refractivity contribution is 9.10. The van der Waals surface area contributed by atoms with E-state index in [1.807, 2.05) is 17.8 Å². The van der Waals surface area contributed by atoms with Crippen molar-refractivity contribution < 1.29 is 4.39 Å². The third kappa shape index (κ3) is 4.38. The van der Waals surface area contributed by atoms with Gasteiger partial charge in [-0.1, -0.05) is 15.9 Å². The van der Waals surface area contributed by atoms with E-state index in [-0.39, 0.29) is 11.4 Å². The normalized spacial score (nSPS) is 11.9. The molecule has 114 valence electrons. The van der Waals surface area contributed by atoms with E-state index >= 15 is 0 Å². The van der Waals surface area contributed by atoms with E-state index in [4.69, 9.17) is 0 Å². The minimum absolute atomic E-state index is 0.0605. The molecular formula is C16H21BrFN3. The lowest BCUT2D eigenvalue weighted by atomic mass is 10.1. The number of nitrogens with one attached hydrogen (secondary N) is 1. The first kappa shape index (κ1) is 16.2. The number of hydrogen-bond donors (Lipinski definition) is 1. The molecule has 0 saturated heterocycles. The Hall–Kier alpha value is -1.20. The van der Waals surface area contributed by atoms with Gasteiger partial charge in [0, 0.05) is 33.4 Å². The van der Waals surface area contributed by atoms with E-state index in [2.05, 4.69) is 47.1 Å². The van der Waals surface area contributed by atoms with E-state index in [1.54, 1.807) is 12.1 Å². The molecule has 0 saturated carbocycles. The average molecular weight is 354 g/mol. The number of rotatable bonds is 4. The Morgan fingerprint density at radius 2 is 2.00 bits per heavy atom. The van der Waals surface area contributed by atoms with Crippen LogP contribution in [0.2, 0.25) is 0 Å². The summed E-state index contributed by atoms with van der Waals surface area (Å²) in [5.74, 6) is -0.206. The van der Waals surface area contributed by atoms with Crippen LogP contribution in [0.5, 0.6) is 0 Å². The van der Waals surface area contributed by atoms with Crippen molar-refractivity contribution in [3.05, 3.63) is 51.5 Å². The molecule has 0 bridgehead atoms. The van der Waals surface area contributed by atoms with Gasteiger partial charge in [0.1, 0.15) is 5.82 Å². The van der Waals surface area contributed by atoms with E-state index in [0.717, 1.165) is 22.3 Å². The van der Waals surface area contributed by atoms with Crippen LogP contribution in [-0.2, 0) is 13.1 Å². The zero-order valence-electron chi connectivity index (χ0n) is 12.9. The van der Waals surface area contributed by atoms with E-state index in [1.165, 1.54) is 6.07 Å². The summed E-state index contributed by atoms with van der Waals surface area (Å²) in [6.45, 7) is 9.60. The second-order valence-corrected chi connectivity index (χ2v) is 7.17. The van der Waals surface area contributed by atoms with E-state index in [0.29, 0.717) is 12.1 Å². The van der Waals surface area contributed by atoms with Crippen molar-refractivity contribution in [2.45, 2.75) is 46.3 Å². The molecule has 1 heterocycles. The van der Waals surface area contributed by atoms with Crippen molar-refractivity contribution in [1.29, 1.82) is 0 Å². The maximum atomic E-state index is 13.8. The summed E-state index contributed by atoms with van der Waals surface area (Å²) < 4.78 is 16.5. The molecule has 0 fully saturated rings. The van der Waals surface area contributed by atoms with Gasteiger partial charge in [-0.2, -0.15) is 5.10 Å². The van der Waals surface area contributed by atoms with Crippen LogP contribution in [0.15, 0.2) is 28.9 Å². The predicted octanol–water partition coefficient (Wildman–Crippen LogP) is 4.03. The van der Waals surface area contributed by atoms with Gasteiger partial charge in [0.2, 0.25) is 0 Å². The van der Waals surface area contributed by atoms with Gasteiger partial charge in [0.15, 0.2) is 0 Å². The molecule has 0 atom stereocenters. The standard InChI is InChI=1S/C16H21BrFN3/c1-11-13(8-19-16(2,3)4)9-20-21(11)10-12-7-14(17)5-6-15(12)18/h5-7,9,19H,8,10H2,1-4H3. The van der Waals surface area contributed by atoms with Crippen LogP contribution < -0.4 is 5.32 Å². The fraction of sp³-hybridized carbons (Fsp3) is 0.438. The highest BCUT2D eigenvalue weighted by Crippen LogP contribution is 2.18. The van der Waals surface area contributed by atoms with Gasteiger partial charge in [0.05, 0.1) is 12.7 Å². The Labute approximate surface area is 133 Å². The van der Waals surface area contributed by atoms with Gasteiger partial charge in [-0.3, -0.25) is 4.68 Å². The monoisotopic (exact) mass is 353 g/mol. The van der Waals surface area contributed by atoms with Crippen molar-refractivity contribution in [2.24, 2.45) is 0 Å². The van der Waals surface area contributed by atoms with Crippen LogP contribution in [0.1, 0.15) is 37.6 Å². The summed E-state index contributed by atoms with van der Waals surface area (Å²) in [5.41, 5.74) is 2.89. The molecule has 1 aromatic heterocycles. The molecule has 0 aliphatic rings. The minimum atomic E-state index is -0.206. The number of halogens is 2. The Balaban J connectivity index is 2.15. The van der Waals surface area contributed by atoms with Crippen LogP contribution in [0.25, 0.3) is 0 Å². The van der Waals surface area contributed by atoms with Crippen molar-refractivity contribution >= 4 is 15.9 Å². The van der Waals surface area contributed by atoms with Crippen LogP contribution in [0, 0.1) is 12.7 Å². The highest BCUT2D eigenvalue weighted by Gasteiger charge is 2.13. The zero-order valence-corrected chi connectivity index (χ0v) is 14.5. The molecule has 0 unspecified atom stereocenters. The lowest BCUT2D eigenvalue weighted by Crippen LogP contribution is -2.35. The molecule has 0 aliphatic heterocycles. The molecule has 1 aromatic carbocycles. The molecule has 0 spiro atoms. The third-order valence-electron chi connectivity index (χ3n) is 3.34. The molecule has 0 amide bonds. The quantitative estimate of drug-likeness (QED) is 0.899. The van der Waals surface area contributed by atoms with Crippen molar-refractivity contribution in [3.63, 3.8) is 0 Å². The molecule has 0 aliphatic carbocycles. The van der Waals surface area contributed by atoms with Crippen LogP contribution >= 0.6 is 15.9 Å². The average Bonchev–Trinajstić information content (AvgIpc) is 2.72. The zero-order chi connectivity index (χ0) is 15.6. The maximum Gasteiger partial charge on any atom is 0.128 e. The summed E-state index contributed by atoms with van der Waals surface area (Å²) in [4.78, 5) is 0. The number of hydrogen-bond acceptors (Lipinski definition) is 2. The van der Waals surface area contributed by atoms with Gasteiger partial charge in [0.25, 0.3) is 0 Å². The first-order chi connectivity index (χ1) is 9.76. The van der Waals surface area contributed by atoms with Gasteiger partial charge < -0.3 is 5.32 Å². The SMILES string of the molecule is Cc1c(CNC(C)(C)C)cnn1Cc1cc(Br)ccc1F. The molecule has 2 rings (SSSR count). The van der Waals surface area contributed by atoms with Crippen LogP contribution in [0.3, 0.4) is 0 Å². The van der Waals surface area contributed by atoms with Crippen LogP contribution in [-0.4, -0.2) is 15.3 Å². The topological polar surface area (TPSA) is 29.9 Å². The molecule has 1 N–H and O–H groups in total. The fourth-order valence-corrected chi connectivity index (χ4v) is 2.41. The second-order valence-electron chi connectivity index (χ2n) is 6.25. The lowest BCUT2D eigenvalue weighted by molar-refractivity contribution is 0.423. The number of aromatic nitrogens is 2. The lowest BCUT2D eigenvalue weighted by Gasteiger charge is -2.20. The van der Waals surface area contributed by atoms with Gasteiger partial charge >= 0.3 is 0 Å².